The van der Waals surface area contributed by atoms with Gasteiger partial charge in [0.05, 0.1) is 10.2 Å². The van der Waals surface area contributed by atoms with Gasteiger partial charge in [-0.1, -0.05) is 58.8 Å². The lowest BCUT2D eigenvalue weighted by atomic mass is 10.3. The van der Waals surface area contributed by atoms with Gasteiger partial charge < -0.3 is 9.47 Å². The minimum atomic E-state index is -1.33. The maximum absolute atomic E-state index is 6.13. The molecule has 1 aliphatic heterocycles. The van der Waals surface area contributed by atoms with Crippen LogP contribution < -0.4 is 9.47 Å². The van der Waals surface area contributed by atoms with Gasteiger partial charge in [-0.15, -0.1) is 11.3 Å². The number of para-hydroxylation sites is 3. The summed E-state index contributed by atoms with van der Waals surface area (Å²) in [4.78, 5) is 9.21. The maximum Gasteiger partial charge on any atom is 0.380 e. The first kappa shape index (κ1) is 17.8. The van der Waals surface area contributed by atoms with E-state index in [2.05, 4.69) is 20.2 Å². The molecule has 1 aromatic heterocycles. The van der Waals surface area contributed by atoms with Crippen molar-refractivity contribution in [1.29, 1.82) is 0 Å². The molecule has 29 heavy (non-hydrogen) atoms. The number of azo groups is 1. The van der Waals surface area contributed by atoms with Crippen LogP contribution >= 0.6 is 23.1 Å². The molecule has 3 aromatic carbocycles. The Morgan fingerprint density at radius 1 is 0.793 bits per heavy atom. The van der Waals surface area contributed by atoms with E-state index in [1.807, 2.05) is 84.9 Å². The van der Waals surface area contributed by atoms with Crippen molar-refractivity contribution < 1.29 is 9.47 Å². The Bertz CT molecular complexity index is 1160. The van der Waals surface area contributed by atoms with Crippen LogP contribution in [0.3, 0.4) is 0 Å². The number of hydrogen-bond acceptors (Lipinski definition) is 8. The molecule has 4 aromatic rings. The normalized spacial score (nSPS) is 18.0. The molecule has 8 heteroatoms. The minimum absolute atomic E-state index is 0.140. The number of hydrogen-bond donors (Lipinski definition) is 0. The van der Waals surface area contributed by atoms with Crippen molar-refractivity contribution in [2.24, 2.45) is 15.2 Å². The van der Waals surface area contributed by atoms with Gasteiger partial charge in [-0.25, -0.2) is 4.98 Å². The molecule has 5 rings (SSSR count). The van der Waals surface area contributed by atoms with E-state index >= 15 is 0 Å². The highest BCUT2D eigenvalue weighted by Crippen LogP contribution is 2.43. The van der Waals surface area contributed by atoms with Gasteiger partial charge in [-0.2, -0.15) is 4.99 Å². The molecule has 0 N–H and O–H groups in total. The van der Waals surface area contributed by atoms with Crippen molar-refractivity contribution in [2.75, 3.05) is 0 Å². The molecule has 0 amide bonds. The molecule has 0 spiro atoms. The molecule has 0 bridgehead atoms. The third kappa shape index (κ3) is 3.98. The lowest BCUT2D eigenvalue weighted by molar-refractivity contribution is 0.184. The van der Waals surface area contributed by atoms with Crippen LogP contribution in [-0.2, 0) is 0 Å². The van der Waals surface area contributed by atoms with Crippen LogP contribution in [0.2, 0.25) is 0 Å². The number of amidine groups is 1. The van der Waals surface area contributed by atoms with Crippen LogP contribution in [0.15, 0.2) is 104 Å². The molecule has 0 radical (unpaired) electrons. The van der Waals surface area contributed by atoms with Crippen molar-refractivity contribution in [1.82, 2.24) is 4.98 Å². The third-order valence-corrected chi connectivity index (χ3v) is 6.06. The van der Waals surface area contributed by atoms with E-state index in [4.69, 9.17) is 9.47 Å². The average molecular weight is 419 g/mol. The third-order valence-electron chi connectivity index (χ3n) is 3.94. The van der Waals surface area contributed by atoms with Crippen LogP contribution in [0.25, 0.3) is 10.2 Å². The van der Waals surface area contributed by atoms with Gasteiger partial charge in [-0.3, -0.25) is 0 Å². The quantitative estimate of drug-likeness (QED) is 0.374. The second kappa shape index (κ2) is 7.65. The molecule has 1 atom stereocenters. The van der Waals surface area contributed by atoms with Gasteiger partial charge in [0, 0.05) is 11.8 Å². The van der Waals surface area contributed by atoms with E-state index in [0.717, 1.165) is 14.6 Å². The van der Waals surface area contributed by atoms with Gasteiger partial charge in [0.15, 0.2) is 4.34 Å². The molecule has 0 saturated heterocycles. The number of nitrogens with zero attached hydrogens (tertiary/aromatic N) is 4. The first-order valence-electron chi connectivity index (χ1n) is 8.82. The van der Waals surface area contributed by atoms with E-state index in [9.17, 15) is 0 Å². The van der Waals surface area contributed by atoms with Crippen molar-refractivity contribution in [2.45, 2.75) is 9.52 Å². The number of ether oxygens (including phenoxy) is 2. The van der Waals surface area contributed by atoms with Gasteiger partial charge in [0.2, 0.25) is 0 Å². The number of benzene rings is 3. The fourth-order valence-corrected chi connectivity index (χ4v) is 4.84. The SMILES string of the molecule is c1ccc(OC2=NC(Oc3ccccc3)(Sc3nc4ccccc4s3)N=N2)cc1. The molecule has 0 saturated carbocycles. The molecule has 2 heterocycles. The predicted molar refractivity (Wildman–Crippen MR) is 115 cm³/mol. The van der Waals surface area contributed by atoms with E-state index in [1.54, 1.807) is 11.3 Å². The van der Waals surface area contributed by atoms with Crippen molar-refractivity contribution in [3.63, 3.8) is 0 Å². The van der Waals surface area contributed by atoms with Gasteiger partial charge in [0.25, 0.3) is 0 Å². The first-order valence-corrected chi connectivity index (χ1v) is 10.5. The predicted octanol–water partition coefficient (Wildman–Crippen LogP) is 5.98. The van der Waals surface area contributed by atoms with Crippen LogP contribution in [0.5, 0.6) is 11.5 Å². The van der Waals surface area contributed by atoms with Crippen LogP contribution in [0, 0.1) is 0 Å². The Morgan fingerprint density at radius 2 is 1.48 bits per heavy atom. The topological polar surface area (TPSA) is 68.4 Å². The van der Waals surface area contributed by atoms with Crippen molar-refractivity contribution in [3.05, 3.63) is 84.9 Å². The largest absolute Gasteiger partial charge is 0.437 e. The molecule has 0 fully saturated rings. The zero-order valence-corrected chi connectivity index (χ0v) is 16.6. The number of thioether (sulfide) groups is 1. The number of fused-ring (bicyclic) bond motifs is 1. The Labute approximate surface area is 175 Å². The molecule has 6 nitrogen and oxygen atoms in total. The summed E-state index contributed by atoms with van der Waals surface area (Å²) in [6, 6.07) is 26.8. The number of rotatable bonds is 5. The summed E-state index contributed by atoms with van der Waals surface area (Å²) >= 11 is 2.85. The van der Waals surface area contributed by atoms with Crippen LogP contribution in [-0.4, -0.2) is 16.2 Å². The maximum atomic E-state index is 6.13. The van der Waals surface area contributed by atoms with Crippen LogP contribution in [0.4, 0.5) is 0 Å². The number of aromatic nitrogens is 1. The van der Waals surface area contributed by atoms with Crippen molar-refractivity contribution >= 4 is 39.3 Å². The Morgan fingerprint density at radius 3 is 2.24 bits per heavy atom. The van der Waals surface area contributed by atoms with Crippen molar-refractivity contribution in [3.8, 4) is 11.5 Å². The molecule has 0 aliphatic carbocycles. The monoisotopic (exact) mass is 418 g/mol. The van der Waals surface area contributed by atoms with Gasteiger partial charge >= 0.3 is 11.2 Å². The number of thiazole rings is 1. The molecular formula is C21H14N4O2S2. The smallest absolute Gasteiger partial charge is 0.380 e. The standard InChI is InChI=1S/C21H14N4O2S2/c1-3-9-15(10-4-1)26-19-23-21(25-24-19,27-16-11-5-2-6-12-16)29-20-22-17-13-7-8-14-18(17)28-20/h1-14H. The molecule has 1 aliphatic rings. The highest BCUT2D eigenvalue weighted by atomic mass is 32.2. The lowest BCUT2D eigenvalue weighted by Gasteiger charge is -2.20. The molecule has 1 unspecified atom stereocenters. The molecule has 142 valence electrons. The Hall–Kier alpha value is -3.23. The average Bonchev–Trinajstić information content (AvgIpc) is 3.33. The van der Waals surface area contributed by atoms with Gasteiger partial charge in [-0.05, 0) is 36.4 Å². The summed E-state index contributed by atoms with van der Waals surface area (Å²) in [6.45, 7) is 0. The van der Waals surface area contributed by atoms with Crippen LogP contribution in [0.1, 0.15) is 0 Å². The fraction of sp³-hybridized carbons (Fsp3) is 0.0476. The summed E-state index contributed by atoms with van der Waals surface area (Å²) in [5.74, 6) is 1.26. The summed E-state index contributed by atoms with van der Waals surface area (Å²) in [5, 5.41) is 7.09. The van der Waals surface area contributed by atoms with E-state index < -0.39 is 5.18 Å². The summed E-state index contributed by atoms with van der Waals surface area (Å²) in [7, 11) is 0. The second-order valence-electron chi connectivity index (χ2n) is 6.02. The zero-order chi connectivity index (χ0) is 19.5. The van der Waals surface area contributed by atoms with E-state index in [0.29, 0.717) is 11.5 Å². The first-order chi connectivity index (χ1) is 14.3. The highest BCUT2D eigenvalue weighted by Gasteiger charge is 2.41. The Kier molecular flexibility index (Phi) is 4.71. The lowest BCUT2D eigenvalue weighted by Crippen LogP contribution is -2.26. The Balaban J connectivity index is 1.47. The van der Waals surface area contributed by atoms with Gasteiger partial charge in [0.1, 0.15) is 11.5 Å². The van der Waals surface area contributed by atoms with E-state index in [1.165, 1.54) is 11.8 Å². The van der Waals surface area contributed by atoms with E-state index in [-0.39, 0.29) is 6.02 Å². The second-order valence-corrected chi connectivity index (χ2v) is 8.43. The summed E-state index contributed by atoms with van der Waals surface area (Å²) in [6.07, 6.45) is 0. The summed E-state index contributed by atoms with van der Waals surface area (Å²) < 4.78 is 13.7. The summed E-state index contributed by atoms with van der Waals surface area (Å²) in [5.41, 5.74) is 0.925. The minimum Gasteiger partial charge on any atom is -0.437 e. The molecular weight excluding hydrogens is 404 g/mol. The number of aliphatic imine (C=N–C) groups is 1. The highest BCUT2D eigenvalue weighted by molar-refractivity contribution is 8.02. The zero-order valence-electron chi connectivity index (χ0n) is 15.0. The fourth-order valence-electron chi connectivity index (χ4n) is 2.67.